The van der Waals surface area contributed by atoms with Crippen molar-refractivity contribution in [3.63, 3.8) is 0 Å². The summed E-state index contributed by atoms with van der Waals surface area (Å²) in [5.41, 5.74) is 0.0611. The van der Waals surface area contributed by atoms with Crippen molar-refractivity contribution in [2.45, 2.75) is 19.9 Å². The lowest BCUT2D eigenvalue weighted by molar-refractivity contribution is 0.102. The molecule has 1 amide bonds. The van der Waals surface area contributed by atoms with Crippen molar-refractivity contribution in [2.24, 2.45) is 0 Å². The number of hydrogen-bond donors (Lipinski definition) is 2. The summed E-state index contributed by atoms with van der Waals surface area (Å²) in [6.45, 7) is 2.07. The minimum absolute atomic E-state index is 0.214. The number of thiazole rings is 1. The molecule has 0 atom stereocenters. The zero-order valence-electron chi connectivity index (χ0n) is 16.2. The van der Waals surface area contributed by atoms with E-state index in [1.54, 1.807) is 19.1 Å². The Labute approximate surface area is 178 Å². The number of carbonyl (C=O) groups is 1. The Balaban J connectivity index is 1.55. The monoisotopic (exact) mass is 442 g/mol. The molecule has 7 nitrogen and oxygen atoms in total. The Hall–Kier alpha value is -3.66. The van der Waals surface area contributed by atoms with Gasteiger partial charge in [-0.2, -0.15) is 0 Å². The summed E-state index contributed by atoms with van der Waals surface area (Å²) in [4.78, 5) is 43.7. The van der Waals surface area contributed by atoms with E-state index >= 15 is 0 Å². The molecule has 0 aliphatic carbocycles. The van der Waals surface area contributed by atoms with Crippen LogP contribution in [0.4, 0.5) is 13.9 Å². The van der Waals surface area contributed by atoms with E-state index in [1.807, 2.05) is 0 Å². The highest BCUT2D eigenvalue weighted by atomic mass is 32.1. The molecule has 0 unspecified atom stereocenters. The first-order valence-corrected chi connectivity index (χ1v) is 10.1. The van der Waals surface area contributed by atoms with Gasteiger partial charge in [0, 0.05) is 35.7 Å². The van der Waals surface area contributed by atoms with E-state index in [0.717, 1.165) is 6.07 Å². The summed E-state index contributed by atoms with van der Waals surface area (Å²) in [7, 11) is 0. The van der Waals surface area contributed by atoms with Crippen molar-refractivity contribution >= 4 is 33.4 Å². The lowest BCUT2D eigenvalue weighted by Gasteiger charge is -2.08. The molecular formula is C21H16F2N4O3S. The summed E-state index contributed by atoms with van der Waals surface area (Å²) in [6, 6.07) is 8.00. The molecule has 0 aliphatic heterocycles. The second kappa shape index (κ2) is 8.23. The molecule has 2 heterocycles. The number of fused-ring (bicyclic) bond motifs is 1. The van der Waals surface area contributed by atoms with Crippen LogP contribution in [0, 0.1) is 11.6 Å². The van der Waals surface area contributed by atoms with Gasteiger partial charge in [0.2, 0.25) is 0 Å². The Kier molecular flexibility index (Phi) is 5.47. The molecule has 0 spiro atoms. The second-order valence-electron chi connectivity index (χ2n) is 6.73. The normalized spacial score (nSPS) is 11.1. The number of aromatic amines is 1. The SMILES string of the molecule is CCn1c(=O)c(=O)[nH]c2cc(C(=O)Nc3ncc(Cc4ccc(F)cc4F)s3)ccc21. The number of nitrogens with one attached hydrogen (secondary N) is 2. The van der Waals surface area contributed by atoms with Gasteiger partial charge >= 0.3 is 11.1 Å². The summed E-state index contributed by atoms with van der Waals surface area (Å²) in [6.07, 6.45) is 1.73. The minimum atomic E-state index is -0.760. The largest absolute Gasteiger partial charge is 0.316 e. The van der Waals surface area contributed by atoms with Gasteiger partial charge in [-0.15, -0.1) is 11.3 Å². The highest BCUT2D eigenvalue weighted by molar-refractivity contribution is 7.15. The van der Waals surface area contributed by atoms with Crippen LogP contribution in [-0.2, 0) is 13.0 Å². The number of aryl methyl sites for hydroxylation is 1. The Morgan fingerprint density at radius 2 is 2.00 bits per heavy atom. The van der Waals surface area contributed by atoms with Crippen LogP contribution in [-0.4, -0.2) is 20.4 Å². The van der Waals surface area contributed by atoms with E-state index in [0.29, 0.717) is 33.2 Å². The van der Waals surface area contributed by atoms with Crippen LogP contribution in [0.5, 0.6) is 0 Å². The molecule has 2 aromatic heterocycles. The summed E-state index contributed by atoms with van der Waals surface area (Å²) >= 11 is 1.17. The van der Waals surface area contributed by atoms with Gasteiger partial charge in [0.1, 0.15) is 11.6 Å². The maximum Gasteiger partial charge on any atom is 0.316 e. The molecule has 4 rings (SSSR count). The van der Waals surface area contributed by atoms with Crippen LogP contribution >= 0.6 is 11.3 Å². The van der Waals surface area contributed by atoms with Crippen molar-refractivity contribution in [3.8, 4) is 0 Å². The van der Waals surface area contributed by atoms with Gasteiger partial charge < -0.3 is 9.55 Å². The number of hydrogen-bond acceptors (Lipinski definition) is 5. The number of nitrogens with zero attached hydrogens (tertiary/aromatic N) is 2. The minimum Gasteiger partial charge on any atom is -0.316 e. The van der Waals surface area contributed by atoms with Crippen molar-refractivity contribution in [1.29, 1.82) is 0 Å². The zero-order chi connectivity index (χ0) is 22.1. The average Bonchev–Trinajstić information content (AvgIpc) is 3.17. The third kappa shape index (κ3) is 4.15. The molecule has 10 heteroatoms. The predicted octanol–water partition coefficient (Wildman–Crippen LogP) is 3.29. The molecule has 0 bridgehead atoms. The highest BCUT2D eigenvalue weighted by Gasteiger charge is 2.13. The highest BCUT2D eigenvalue weighted by Crippen LogP contribution is 2.23. The fraction of sp³-hybridized carbons (Fsp3) is 0.143. The van der Waals surface area contributed by atoms with Gasteiger partial charge in [-0.3, -0.25) is 19.7 Å². The maximum atomic E-state index is 13.8. The van der Waals surface area contributed by atoms with Crippen LogP contribution in [0.2, 0.25) is 0 Å². The van der Waals surface area contributed by atoms with Crippen molar-refractivity contribution in [2.75, 3.05) is 5.32 Å². The van der Waals surface area contributed by atoms with Crippen LogP contribution in [0.25, 0.3) is 11.0 Å². The van der Waals surface area contributed by atoms with Gasteiger partial charge in [-0.1, -0.05) is 6.07 Å². The van der Waals surface area contributed by atoms with E-state index in [9.17, 15) is 23.2 Å². The van der Waals surface area contributed by atoms with E-state index < -0.39 is 28.7 Å². The zero-order valence-corrected chi connectivity index (χ0v) is 17.1. The van der Waals surface area contributed by atoms with Gasteiger partial charge in [-0.25, -0.2) is 13.8 Å². The first kappa shape index (κ1) is 20.6. The fourth-order valence-corrected chi connectivity index (χ4v) is 4.03. The second-order valence-corrected chi connectivity index (χ2v) is 7.85. The predicted molar refractivity (Wildman–Crippen MR) is 114 cm³/mol. The number of benzene rings is 2. The van der Waals surface area contributed by atoms with Gasteiger partial charge in [0.25, 0.3) is 5.91 Å². The molecule has 31 heavy (non-hydrogen) atoms. The molecule has 0 fully saturated rings. The molecule has 4 aromatic rings. The molecule has 0 saturated carbocycles. The molecule has 158 valence electrons. The molecule has 2 aromatic carbocycles. The number of carbonyl (C=O) groups excluding carboxylic acids is 1. The smallest absolute Gasteiger partial charge is 0.316 e. The van der Waals surface area contributed by atoms with Crippen LogP contribution in [0.1, 0.15) is 27.7 Å². The molecule has 2 N–H and O–H groups in total. The first-order valence-electron chi connectivity index (χ1n) is 9.32. The van der Waals surface area contributed by atoms with E-state index in [-0.39, 0.29) is 12.0 Å². The summed E-state index contributed by atoms with van der Waals surface area (Å²) in [5, 5.41) is 2.98. The number of aromatic nitrogens is 3. The lowest BCUT2D eigenvalue weighted by Crippen LogP contribution is -2.36. The third-order valence-electron chi connectivity index (χ3n) is 4.71. The Bertz CT molecular complexity index is 1420. The van der Waals surface area contributed by atoms with Crippen LogP contribution in [0.15, 0.2) is 52.2 Å². The fourth-order valence-electron chi connectivity index (χ4n) is 3.20. The van der Waals surface area contributed by atoms with E-state index in [2.05, 4.69) is 15.3 Å². The summed E-state index contributed by atoms with van der Waals surface area (Å²) in [5.74, 6) is -1.74. The Morgan fingerprint density at radius 1 is 1.19 bits per heavy atom. The van der Waals surface area contributed by atoms with E-state index in [1.165, 1.54) is 40.3 Å². The maximum absolute atomic E-state index is 13.8. The third-order valence-corrected chi connectivity index (χ3v) is 5.62. The summed E-state index contributed by atoms with van der Waals surface area (Å²) < 4.78 is 28.2. The van der Waals surface area contributed by atoms with Gasteiger partial charge in [0.15, 0.2) is 5.13 Å². The number of halogens is 2. The first-order chi connectivity index (χ1) is 14.9. The van der Waals surface area contributed by atoms with Crippen LogP contribution < -0.4 is 16.4 Å². The van der Waals surface area contributed by atoms with Crippen LogP contribution in [0.3, 0.4) is 0 Å². The number of anilines is 1. The van der Waals surface area contributed by atoms with Gasteiger partial charge in [-0.05, 0) is 36.8 Å². The van der Waals surface area contributed by atoms with Gasteiger partial charge in [0.05, 0.1) is 11.0 Å². The van der Waals surface area contributed by atoms with E-state index in [4.69, 9.17) is 0 Å². The molecule has 0 radical (unpaired) electrons. The molecular weight excluding hydrogens is 426 g/mol. The lowest BCUT2D eigenvalue weighted by atomic mass is 10.1. The topological polar surface area (TPSA) is 96.9 Å². The molecule has 0 saturated heterocycles. The van der Waals surface area contributed by atoms with Crippen molar-refractivity contribution in [1.82, 2.24) is 14.5 Å². The van der Waals surface area contributed by atoms with Crippen molar-refractivity contribution < 1.29 is 13.6 Å². The number of amides is 1. The Morgan fingerprint density at radius 3 is 2.74 bits per heavy atom. The average molecular weight is 442 g/mol. The number of H-pyrrole nitrogens is 1. The molecule has 0 aliphatic rings. The quantitative estimate of drug-likeness (QED) is 0.464. The van der Waals surface area contributed by atoms with Crippen molar-refractivity contribution in [3.05, 3.63) is 90.9 Å². The number of rotatable bonds is 5. The standard InChI is InChI=1S/C21H16F2N4O3S/c1-2-27-17-6-4-12(8-16(17)25-19(29)20(27)30)18(28)26-21-24-10-14(31-21)7-11-3-5-13(22)9-15(11)23/h3-6,8-10H,2,7H2,1H3,(H,25,29)(H,24,26,28).